The van der Waals surface area contributed by atoms with Crippen molar-refractivity contribution in [2.45, 2.75) is 32.7 Å². The first-order valence-electron chi connectivity index (χ1n) is 6.14. The number of hydrogen-bond acceptors (Lipinski definition) is 3. The number of aliphatic carboxylic acids is 2. The fourth-order valence-corrected chi connectivity index (χ4v) is 2.08. The predicted octanol–water partition coefficient (Wildman–Crippen LogP) is 0.602. The Kier molecular flexibility index (Phi) is 4.39. The van der Waals surface area contributed by atoms with E-state index in [1.807, 2.05) is 20.8 Å². The molecule has 0 aromatic heterocycles. The number of carbonyl (C=O) groups excluding carboxylic acids is 1. The summed E-state index contributed by atoms with van der Waals surface area (Å²) in [6.07, 6.45) is 0.157. The van der Waals surface area contributed by atoms with Crippen LogP contribution in [-0.4, -0.2) is 51.7 Å². The Morgan fingerprint density at radius 3 is 2.05 bits per heavy atom. The molecule has 7 heteroatoms. The number of carbonyl (C=O) groups is 3. The summed E-state index contributed by atoms with van der Waals surface area (Å²) in [6.45, 7) is 5.65. The summed E-state index contributed by atoms with van der Waals surface area (Å²) in [5, 5.41) is 20.8. The van der Waals surface area contributed by atoms with Gasteiger partial charge in [-0.2, -0.15) is 0 Å². The Bertz CT molecular complexity index is 388. The van der Waals surface area contributed by atoms with Crippen LogP contribution in [0.15, 0.2) is 0 Å². The Balaban J connectivity index is 2.74. The molecule has 0 aromatic carbocycles. The summed E-state index contributed by atoms with van der Waals surface area (Å²) in [7, 11) is 0. The molecule has 1 rings (SSSR count). The molecule has 0 spiro atoms. The third-order valence-corrected chi connectivity index (χ3v) is 3.02. The van der Waals surface area contributed by atoms with Crippen molar-refractivity contribution in [2.24, 2.45) is 11.8 Å². The monoisotopic (exact) mass is 272 g/mol. The highest BCUT2D eigenvalue weighted by molar-refractivity contribution is 5.82. The minimum absolute atomic E-state index is 0.0752. The van der Waals surface area contributed by atoms with Gasteiger partial charge in [-0.15, -0.1) is 0 Å². The van der Waals surface area contributed by atoms with E-state index in [1.165, 1.54) is 4.90 Å². The number of hydrogen-bond donors (Lipinski definition) is 3. The molecule has 7 nitrogen and oxygen atoms in total. The number of urea groups is 1. The molecule has 0 aromatic rings. The predicted molar refractivity (Wildman–Crippen MR) is 66.7 cm³/mol. The second-order valence-corrected chi connectivity index (χ2v) is 5.80. The molecule has 2 unspecified atom stereocenters. The average molecular weight is 272 g/mol. The number of rotatable bonds is 2. The van der Waals surface area contributed by atoms with E-state index in [1.54, 1.807) is 0 Å². The molecule has 0 bridgehead atoms. The van der Waals surface area contributed by atoms with Crippen LogP contribution in [0.25, 0.3) is 0 Å². The molecule has 3 N–H and O–H groups in total. The summed E-state index contributed by atoms with van der Waals surface area (Å²) >= 11 is 0. The zero-order valence-corrected chi connectivity index (χ0v) is 11.3. The van der Waals surface area contributed by atoms with E-state index in [4.69, 9.17) is 10.2 Å². The van der Waals surface area contributed by atoms with Crippen LogP contribution in [0, 0.1) is 11.8 Å². The highest BCUT2D eigenvalue weighted by Gasteiger charge is 2.40. The maximum Gasteiger partial charge on any atom is 0.317 e. The van der Waals surface area contributed by atoms with Gasteiger partial charge >= 0.3 is 18.0 Å². The lowest BCUT2D eigenvalue weighted by molar-refractivity contribution is -0.156. The average Bonchev–Trinajstić information content (AvgIpc) is 2.25. The fourth-order valence-electron chi connectivity index (χ4n) is 2.08. The number of likely N-dealkylation sites (tertiary alicyclic amines) is 1. The van der Waals surface area contributed by atoms with Crippen LogP contribution >= 0.6 is 0 Å². The van der Waals surface area contributed by atoms with Crippen LogP contribution in [0.3, 0.4) is 0 Å². The molecular formula is C12H20N2O5. The summed E-state index contributed by atoms with van der Waals surface area (Å²) in [6, 6.07) is -0.359. The molecule has 1 heterocycles. The van der Waals surface area contributed by atoms with Gasteiger partial charge in [-0.05, 0) is 27.2 Å². The molecule has 1 saturated heterocycles. The molecule has 1 fully saturated rings. The van der Waals surface area contributed by atoms with E-state index in [0.29, 0.717) is 0 Å². The van der Waals surface area contributed by atoms with Crippen molar-refractivity contribution in [2.75, 3.05) is 13.1 Å². The fraction of sp³-hybridized carbons (Fsp3) is 0.750. The van der Waals surface area contributed by atoms with Crippen molar-refractivity contribution in [3.8, 4) is 0 Å². The molecule has 0 saturated carbocycles. The van der Waals surface area contributed by atoms with Crippen molar-refractivity contribution in [3.05, 3.63) is 0 Å². The zero-order valence-electron chi connectivity index (χ0n) is 11.3. The third kappa shape index (κ3) is 4.11. The molecule has 0 radical (unpaired) electrons. The Morgan fingerprint density at radius 1 is 1.11 bits per heavy atom. The lowest BCUT2D eigenvalue weighted by Gasteiger charge is -2.36. The topological polar surface area (TPSA) is 107 Å². The van der Waals surface area contributed by atoms with Gasteiger partial charge in [0.25, 0.3) is 0 Å². The van der Waals surface area contributed by atoms with Gasteiger partial charge in [0.1, 0.15) is 0 Å². The van der Waals surface area contributed by atoms with E-state index in [9.17, 15) is 14.4 Å². The van der Waals surface area contributed by atoms with Crippen LogP contribution in [-0.2, 0) is 9.59 Å². The van der Waals surface area contributed by atoms with Gasteiger partial charge in [-0.25, -0.2) is 4.79 Å². The van der Waals surface area contributed by atoms with Gasteiger partial charge in [0.15, 0.2) is 0 Å². The lowest BCUT2D eigenvalue weighted by atomic mass is 9.85. The van der Waals surface area contributed by atoms with Crippen LogP contribution in [0.5, 0.6) is 0 Å². The first kappa shape index (κ1) is 15.3. The molecule has 1 aliphatic heterocycles. The SMILES string of the molecule is CC(C)(C)NC(=O)N1CCC(C(=O)O)C(C(=O)O)C1. The van der Waals surface area contributed by atoms with Gasteiger partial charge in [-0.3, -0.25) is 9.59 Å². The molecule has 19 heavy (non-hydrogen) atoms. The largest absolute Gasteiger partial charge is 0.481 e. The first-order chi connectivity index (χ1) is 8.61. The molecule has 2 amide bonds. The van der Waals surface area contributed by atoms with Crippen LogP contribution < -0.4 is 5.32 Å². The molecule has 1 aliphatic rings. The second-order valence-electron chi connectivity index (χ2n) is 5.80. The van der Waals surface area contributed by atoms with E-state index >= 15 is 0 Å². The van der Waals surface area contributed by atoms with E-state index in [-0.39, 0.29) is 25.5 Å². The number of amides is 2. The van der Waals surface area contributed by atoms with Gasteiger partial charge in [0, 0.05) is 18.6 Å². The summed E-state index contributed by atoms with van der Waals surface area (Å²) in [4.78, 5) is 35.4. The van der Waals surface area contributed by atoms with Crippen molar-refractivity contribution in [1.82, 2.24) is 10.2 Å². The number of nitrogens with one attached hydrogen (secondary N) is 1. The number of carboxylic acids is 2. The van der Waals surface area contributed by atoms with Crippen LogP contribution in [0.2, 0.25) is 0 Å². The number of carboxylic acid groups (broad SMARTS) is 2. The van der Waals surface area contributed by atoms with E-state index < -0.39 is 29.3 Å². The van der Waals surface area contributed by atoms with Gasteiger partial charge in [-0.1, -0.05) is 0 Å². The Labute approximate surface area is 111 Å². The highest BCUT2D eigenvalue weighted by Crippen LogP contribution is 2.24. The maximum atomic E-state index is 11.9. The number of nitrogens with zero attached hydrogens (tertiary/aromatic N) is 1. The molecule has 2 atom stereocenters. The van der Waals surface area contributed by atoms with Gasteiger partial charge in [0.2, 0.25) is 0 Å². The second kappa shape index (κ2) is 5.46. The number of piperidine rings is 1. The molecule has 0 aliphatic carbocycles. The smallest absolute Gasteiger partial charge is 0.317 e. The Hall–Kier alpha value is -1.79. The van der Waals surface area contributed by atoms with E-state index in [0.717, 1.165) is 0 Å². The zero-order chi connectivity index (χ0) is 14.8. The van der Waals surface area contributed by atoms with E-state index in [2.05, 4.69) is 5.32 Å². The minimum Gasteiger partial charge on any atom is -0.481 e. The summed E-state index contributed by atoms with van der Waals surface area (Å²) in [5.74, 6) is -4.29. The summed E-state index contributed by atoms with van der Waals surface area (Å²) < 4.78 is 0. The van der Waals surface area contributed by atoms with Crippen LogP contribution in [0.1, 0.15) is 27.2 Å². The standard InChI is InChI=1S/C12H20N2O5/c1-12(2,3)13-11(19)14-5-4-7(9(15)16)8(6-14)10(17)18/h7-8H,4-6H2,1-3H3,(H,13,19)(H,15,16)(H,17,18). The lowest BCUT2D eigenvalue weighted by Crippen LogP contribution is -2.54. The van der Waals surface area contributed by atoms with Crippen molar-refractivity contribution in [1.29, 1.82) is 0 Å². The van der Waals surface area contributed by atoms with Crippen molar-refractivity contribution >= 4 is 18.0 Å². The van der Waals surface area contributed by atoms with Gasteiger partial charge < -0.3 is 20.4 Å². The van der Waals surface area contributed by atoms with Crippen LogP contribution in [0.4, 0.5) is 4.79 Å². The maximum absolute atomic E-state index is 11.9. The molecule has 108 valence electrons. The molecular weight excluding hydrogens is 252 g/mol. The van der Waals surface area contributed by atoms with Crippen molar-refractivity contribution < 1.29 is 24.6 Å². The third-order valence-electron chi connectivity index (χ3n) is 3.02. The minimum atomic E-state index is -1.18. The first-order valence-corrected chi connectivity index (χ1v) is 6.14. The van der Waals surface area contributed by atoms with Gasteiger partial charge in [0.05, 0.1) is 11.8 Å². The Morgan fingerprint density at radius 2 is 1.63 bits per heavy atom. The summed E-state index contributed by atoms with van der Waals surface area (Å²) in [5.41, 5.74) is -0.417. The quantitative estimate of drug-likeness (QED) is 0.682. The normalized spacial score (nSPS) is 23.8. The highest BCUT2D eigenvalue weighted by atomic mass is 16.4. The van der Waals surface area contributed by atoms with Crippen molar-refractivity contribution in [3.63, 3.8) is 0 Å².